The molecular formula is C17H22N2O3. The van der Waals surface area contributed by atoms with Crippen LogP contribution in [0.5, 0.6) is 0 Å². The quantitative estimate of drug-likeness (QED) is 0.860. The van der Waals surface area contributed by atoms with Crippen molar-refractivity contribution in [1.29, 1.82) is 0 Å². The summed E-state index contributed by atoms with van der Waals surface area (Å²) in [6, 6.07) is 7.71. The lowest BCUT2D eigenvalue weighted by molar-refractivity contribution is -0.142. The lowest BCUT2D eigenvalue weighted by atomic mass is 10.0. The van der Waals surface area contributed by atoms with Gasteiger partial charge in [-0.1, -0.05) is 18.2 Å². The number of carbonyl (C=O) groups excluding carboxylic acids is 1. The molecule has 0 aliphatic rings. The van der Waals surface area contributed by atoms with Gasteiger partial charge in [0.2, 0.25) is 5.91 Å². The number of rotatable bonds is 6. The maximum Gasteiger partial charge on any atom is 0.308 e. The number of aromatic nitrogens is 1. The summed E-state index contributed by atoms with van der Waals surface area (Å²) in [7, 11) is 1.99. The minimum absolute atomic E-state index is 0.117. The Balaban J connectivity index is 1.97. The second-order valence-corrected chi connectivity index (χ2v) is 5.77. The number of para-hydroxylation sites is 1. The van der Waals surface area contributed by atoms with Crippen molar-refractivity contribution in [3.05, 3.63) is 36.0 Å². The zero-order chi connectivity index (χ0) is 16.3. The van der Waals surface area contributed by atoms with E-state index in [1.54, 1.807) is 13.8 Å². The Morgan fingerprint density at radius 3 is 2.64 bits per heavy atom. The molecule has 2 N–H and O–H groups in total. The van der Waals surface area contributed by atoms with Crippen LogP contribution < -0.4 is 5.32 Å². The Bertz CT molecular complexity index is 690. The van der Waals surface area contributed by atoms with Crippen molar-refractivity contribution >= 4 is 22.8 Å². The topological polar surface area (TPSA) is 71.3 Å². The molecule has 118 valence electrons. The number of nitrogens with zero attached hydrogens (tertiary/aromatic N) is 1. The van der Waals surface area contributed by atoms with Gasteiger partial charge in [-0.2, -0.15) is 0 Å². The third-order valence-electron chi connectivity index (χ3n) is 4.13. The molecular weight excluding hydrogens is 280 g/mol. The second-order valence-electron chi connectivity index (χ2n) is 5.77. The first-order chi connectivity index (χ1) is 10.4. The summed E-state index contributed by atoms with van der Waals surface area (Å²) < 4.78 is 2.05. The molecule has 1 aromatic carbocycles. The van der Waals surface area contributed by atoms with E-state index in [9.17, 15) is 9.59 Å². The van der Waals surface area contributed by atoms with E-state index in [-0.39, 0.29) is 11.9 Å². The number of benzene rings is 1. The van der Waals surface area contributed by atoms with E-state index in [4.69, 9.17) is 5.11 Å². The van der Waals surface area contributed by atoms with Gasteiger partial charge in [0.15, 0.2) is 0 Å². The lowest BCUT2D eigenvalue weighted by Crippen LogP contribution is -2.40. The van der Waals surface area contributed by atoms with E-state index >= 15 is 0 Å². The molecule has 0 spiro atoms. The number of carboxylic acids is 1. The zero-order valence-corrected chi connectivity index (χ0v) is 13.2. The SMILES string of the molecule is CC(NC(=O)CCc1cn(C)c2ccccc12)C(C)C(=O)O. The molecule has 1 amide bonds. The number of amides is 1. The van der Waals surface area contributed by atoms with Gasteiger partial charge >= 0.3 is 5.97 Å². The highest BCUT2D eigenvalue weighted by Crippen LogP contribution is 2.21. The molecule has 0 bridgehead atoms. The van der Waals surface area contributed by atoms with Gasteiger partial charge in [0, 0.05) is 36.6 Å². The molecule has 2 rings (SSSR count). The van der Waals surface area contributed by atoms with Crippen LogP contribution in [0.3, 0.4) is 0 Å². The normalized spacial score (nSPS) is 13.8. The van der Waals surface area contributed by atoms with Crippen LogP contribution in [0, 0.1) is 5.92 Å². The predicted octanol–water partition coefficient (Wildman–Crippen LogP) is 2.34. The number of aryl methyl sites for hydroxylation is 2. The minimum atomic E-state index is -0.901. The van der Waals surface area contributed by atoms with Gasteiger partial charge in [0.25, 0.3) is 0 Å². The first kappa shape index (κ1) is 16.1. The molecule has 5 heteroatoms. The molecule has 0 saturated carbocycles. The van der Waals surface area contributed by atoms with Crippen LogP contribution in [0.15, 0.2) is 30.5 Å². The number of carbonyl (C=O) groups is 2. The van der Waals surface area contributed by atoms with E-state index in [1.165, 1.54) is 0 Å². The summed E-state index contributed by atoms with van der Waals surface area (Å²) >= 11 is 0. The van der Waals surface area contributed by atoms with Crippen molar-refractivity contribution in [1.82, 2.24) is 9.88 Å². The van der Waals surface area contributed by atoms with Crippen molar-refractivity contribution in [3.8, 4) is 0 Å². The van der Waals surface area contributed by atoms with Crippen LogP contribution in [-0.2, 0) is 23.1 Å². The summed E-state index contributed by atoms with van der Waals surface area (Å²) in [5, 5.41) is 12.9. The first-order valence-electron chi connectivity index (χ1n) is 7.45. The number of hydrogen-bond acceptors (Lipinski definition) is 2. The van der Waals surface area contributed by atoms with E-state index in [1.807, 2.05) is 25.4 Å². The van der Waals surface area contributed by atoms with Gasteiger partial charge in [0.1, 0.15) is 0 Å². The molecule has 1 heterocycles. The molecule has 5 nitrogen and oxygen atoms in total. The number of carboxylic acid groups (broad SMARTS) is 1. The molecule has 2 aromatic rings. The standard InChI is InChI=1S/C17H22N2O3/c1-11(17(21)22)12(2)18-16(20)9-8-13-10-19(3)15-7-5-4-6-14(13)15/h4-7,10-12H,8-9H2,1-3H3,(H,18,20)(H,21,22). The highest BCUT2D eigenvalue weighted by Gasteiger charge is 2.20. The van der Waals surface area contributed by atoms with E-state index in [0.29, 0.717) is 12.8 Å². The second kappa shape index (κ2) is 6.64. The van der Waals surface area contributed by atoms with Gasteiger partial charge in [-0.05, 0) is 31.9 Å². The summed E-state index contributed by atoms with van der Waals surface area (Å²) in [5.41, 5.74) is 2.28. The third kappa shape index (κ3) is 3.47. The summed E-state index contributed by atoms with van der Waals surface area (Å²) in [5.74, 6) is -1.61. The molecule has 2 atom stereocenters. The van der Waals surface area contributed by atoms with Crippen LogP contribution in [-0.4, -0.2) is 27.6 Å². The van der Waals surface area contributed by atoms with Crippen LogP contribution in [0.2, 0.25) is 0 Å². The van der Waals surface area contributed by atoms with E-state index in [2.05, 4.69) is 22.0 Å². The maximum atomic E-state index is 12.0. The zero-order valence-electron chi connectivity index (χ0n) is 13.2. The molecule has 0 fully saturated rings. The molecule has 2 unspecified atom stereocenters. The fourth-order valence-electron chi connectivity index (χ4n) is 2.54. The largest absolute Gasteiger partial charge is 0.481 e. The summed E-state index contributed by atoms with van der Waals surface area (Å²) in [6.07, 6.45) is 3.04. The number of fused-ring (bicyclic) bond motifs is 1. The van der Waals surface area contributed by atoms with Crippen molar-refractivity contribution in [2.45, 2.75) is 32.7 Å². The Hall–Kier alpha value is -2.30. The Labute approximate surface area is 129 Å². The van der Waals surface area contributed by atoms with Crippen molar-refractivity contribution in [2.75, 3.05) is 0 Å². The molecule has 1 aromatic heterocycles. The molecule has 0 aliphatic carbocycles. The fourth-order valence-corrected chi connectivity index (χ4v) is 2.54. The van der Waals surface area contributed by atoms with E-state index < -0.39 is 11.9 Å². The molecule has 0 aliphatic heterocycles. The maximum absolute atomic E-state index is 12.0. The molecule has 0 saturated heterocycles. The highest BCUT2D eigenvalue weighted by molar-refractivity contribution is 5.85. The summed E-state index contributed by atoms with van der Waals surface area (Å²) in [6.45, 7) is 3.31. The monoisotopic (exact) mass is 302 g/mol. The van der Waals surface area contributed by atoms with Gasteiger partial charge in [0.05, 0.1) is 5.92 Å². The fraction of sp³-hybridized carbons (Fsp3) is 0.412. The van der Waals surface area contributed by atoms with E-state index in [0.717, 1.165) is 16.5 Å². The Morgan fingerprint density at radius 1 is 1.27 bits per heavy atom. The van der Waals surface area contributed by atoms with Crippen molar-refractivity contribution in [3.63, 3.8) is 0 Å². The smallest absolute Gasteiger partial charge is 0.308 e. The lowest BCUT2D eigenvalue weighted by Gasteiger charge is -2.17. The van der Waals surface area contributed by atoms with Gasteiger partial charge in [-0.3, -0.25) is 9.59 Å². The molecule has 22 heavy (non-hydrogen) atoms. The van der Waals surface area contributed by atoms with Crippen molar-refractivity contribution < 1.29 is 14.7 Å². The number of hydrogen-bond donors (Lipinski definition) is 2. The summed E-state index contributed by atoms with van der Waals surface area (Å²) in [4.78, 5) is 22.9. The minimum Gasteiger partial charge on any atom is -0.481 e. The Morgan fingerprint density at radius 2 is 1.95 bits per heavy atom. The van der Waals surface area contributed by atoms with Crippen molar-refractivity contribution in [2.24, 2.45) is 13.0 Å². The van der Waals surface area contributed by atoms with Crippen LogP contribution >= 0.6 is 0 Å². The Kier molecular flexibility index (Phi) is 4.85. The van der Waals surface area contributed by atoms with Gasteiger partial charge in [-0.15, -0.1) is 0 Å². The average Bonchev–Trinajstić information content (AvgIpc) is 2.81. The number of nitrogens with one attached hydrogen (secondary N) is 1. The average molecular weight is 302 g/mol. The van der Waals surface area contributed by atoms with Crippen LogP contribution in [0.1, 0.15) is 25.8 Å². The third-order valence-corrected chi connectivity index (χ3v) is 4.13. The van der Waals surface area contributed by atoms with Crippen LogP contribution in [0.25, 0.3) is 10.9 Å². The van der Waals surface area contributed by atoms with Crippen LogP contribution in [0.4, 0.5) is 0 Å². The highest BCUT2D eigenvalue weighted by atomic mass is 16.4. The van der Waals surface area contributed by atoms with Gasteiger partial charge in [-0.25, -0.2) is 0 Å². The van der Waals surface area contributed by atoms with Gasteiger partial charge < -0.3 is 15.0 Å². The number of aliphatic carboxylic acids is 1. The molecule has 0 radical (unpaired) electrons. The predicted molar refractivity (Wildman–Crippen MR) is 85.6 cm³/mol. The first-order valence-corrected chi connectivity index (χ1v) is 7.45.